The molecule has 0 spiro atoms. The number of rotatable bonds is 5. The van der Waals surface area contributed by atoms with Gasteiger partial charge < -0.3 is 0 Å². The molecule has 0 bridgehead atoms. The molecule has 7 heteroatoms. The maximum absolute atomic E-state index is 13.7. The number of aryl methyl sites for hydroxylation is 1. The van der Waals surface area contributed by atoms with Gasteiger partial charge >= 0.3 is 0 Å². The number of likely N-dealkylation sites (tertiary alicyclic amines) is 1. The Balaban J connectivity index is 1.39. The highest BCUT2D eigenvalue weighted by Crippen LogP contribution is 2.37. The Kier molecular flexibility index (Phi) is 5.41. The molecule has 2 aromatic carbocycles. The van der Waals surface area contributed by atoms with Crippen molar-refractivity contribution in [2.24, 2.45) is 0 Å². The van der Waals surface area contributed by atoms with Crippen LogP contribution in [0, 0.1) is 6.92 Å². The molecule has 32 heavy (non-hydrogen) atoms. The topological polar surface area (TPSA) is 75.4 Å². The fourth-order valence-corrected chi connectivity index (χ4v) is 4.52. The number of carbonyl (C=O) groups is 1. The molecule has 0 radical (unpaired) electrons. The molecular formula is C25H26N6O. The van der Waals surface area contributed by atoms with Crippen molar-refractivity contribution in [3.63, 3.8) is 0 Å². The first kappa shape index (κ1) is 20.3. The van der Waals surface area contributed by atoms with Crippen LogP contribution < -0.4 is 5.32 Å². The molecule has 0 unspecified atom stereocenters. The Morgan fingerprint density at radius 2 is 1.66 bits per heavy atom. The highest BCUT2D eigenvalue weighted by molar-refractivity contribution is 5.98. The Morgan fingerprint density at radius 3 is 2.38 bits per heavy atom. The van der Waals surface area contributed by atoms with Crippen molar-refractivity contribution in [3.05, 3.63) is 89.7 Å². The average molecular weight is 427 g/mol. The number of hydrogen-bond acceptors (Lipinski definition) is 5. The van der Waals surface area contributed by atoms with Gasteiger partial charge in [-0.25, -0.2) is 4.98 Å². The summed E-state index contributed by atoms with van der Waals surface area (Å²) in [6, 6.07) is 22.4. The SMILES string of the molecule is Cc1ccn2c(NC(=O)C3(c4ccccc4)CCN(Cc4ccccc4)CC3)nnc2n1. The van der Waals surface area contributed by atoms with Gasteiger partial charge in [-0.2, -0.15) is 0 Å². The first-order valence-electron chi connectivity index (χ1n) is 11.0. The second-order valence-electron chi connectivity index (χ2n) is 8.43. The smallest absolute Gasteiger partial charge is 0.256 e. The summed E-state index contributed by atoms with van der Waals surface area (Å²) in [6.45, 7) is 4.49. The molecule has 5 rings (SSSR count). The monoisotopic (exact) mass is 426 g/mol. The molecule has 162 valence electrons. The molecule has 0 saturated carbocycles. The van der Waals surface area contributed by atoms with E-state index in [1.165, 1.54) is 5.56 Å². The number of piperidine rings is 1. The Morgan fingerprint density at radius 1 is 0.969 bits per heavy atom. The number of amides is 1. The van der Waals surface area contributed by atoms with E-state index in [0.717, 1.165) is 43.7 Å². The maximum atomic E-state index is 13.7. The van der Waals surface area contributed by atoms with E-state index < -0.39 is 5.41 Å². The first-order valence-corrected chi connectivity index (χ1v) is 11.0. The van der Waals surface area contributed by atoms with Gasteiger partial charge in [-0.1, -0.05) is 60.7 Å². The van der Waals surface area contributed by atoms with E-state index in [1.807, 2.05) is 43.5 Å². The highest BCUT2D eigenvalue weighted by Gasteiger charge is 2.43. The number of hydrogen-bond donors (Lipinski definition) is 1. The summed E-state index contributed by atoms with van der Waals surface area (Å²) in [4.78, 5) is 20.5. The third-order valence-electron chi connectivity index (χ3n) is 6.36. The number of benzene rings is 2. The number of fused-ring (bicyclic) bond motifs is 1. The number of nitrogens with one attached hydrogen (secondary N) is 1. The van der Waals surface area contributed by atoms with Crippen LogP contribution in [0.5, 0.6) is 0 Å². The van der Waals surface area contributed by atoms with Crippen LogP contribution in [0.1, 0.15) is 29.7 Å². The molecule has 0 atom stereocenters. The van der Waals surface area contributed by atoms with Crippen molar-refractivity contribution in [2.75, 3.05) is 18.4 Å². The molecule has 2 aromatic heterocycles. The van der Waals surface area contributed by atoms with Gasteiger partial charge in [0.2, 0.25) is 11.9 Å². The summed E-state index contributed by atoms with van der Waals surface area (Å²) in [5, 5.41) is 11.3. The largest absolute Gasteiger partial charge is 0.299 e. The fraction of sp³-hybridized carbons (Fsp3) is 0.280. The predicted molar refractivity (Wildman–Crippen MR) is 123 cm³/mol. The minimum absolute atomic E-state index is 0.0436. The number of aromatic nitrogens is 4. The van der Waals surface area contributed by atoms with E-state index in [1.54, 1.807) is 4.40 Å². The van der Waals surface area contributed by atoms with Crippen LogP contribution in [-0.4, -0.2) is 43.5 Å². The lowest BCUT2D eigenvalue weighted by molar-refractivity contribution is -0.123. The van der Waals surface area contributed by atoms with Crippen LogP contribution in [-0.2, 0) is 16.8 Å². The normalized spacial score (nSPS) is 16.2. The highest BCUT2D eigenvalue weighted by atomic mass is 16.2. The van der Waals surface area contributed by atoms with Gasteiger partial charge in [-0.15, -0.1) is 10.2 Å². The molecule has 1 fully saturated rings. The van der Waals surface area contributed by atoms with E-state index in [0.29, 0.717) is 11.7 Å². The zero-order valence-electron chi connectivity index (χ0n) is 18.1. The number of anilines is 1. The molecule has 1 aliphatic rings. The van der Waals surface area contributed by atoms with Crippen LogP contribution >= 0.6 is 0 Å². The van der Waals surface area contributed by atoms with Crippen LogP contribution in [0.3, 0.4) is 0 Å². The minimum atomic E-state index is -0.613. The maximum Gasteiger partial charge on any atom is 0.256 e. The lowest BCUT2D eigenvalue weighted by atomic mass is 9.72. The van der Waals surface area contributed by atoms with Crippen LogP contribution in [0.2, 0.25) is 0 Å². The van der Waals surface area contributed by atoms with Crippen molar-refractivity contribution in [1.29, 1.82) is 0 Å². The molecule has 0 aliphatic carbocycles. The average Bonchev–Trinajstić information content (AvgIpc) is 3.22. The summed E-state index contributed by atoms with van der Waals surface area (Å²) in [5.74, 6) is 0.837. The molecule has 1 saturated heterocycles. The second-order valence-corrected chi connectivity index (χ2v) is 8.43. The summed E-state index contributed by atoms with van der Waals surface area (Å²) < 4.78 is 1.72. The molecule has 1 amide bonds. The van der Waals surface area contributed by atoms with E-state index >= 15 is 0 Å². The zero-order valence-corrected chi connectivity index (χ0v) is 18.1. The molecule has 7 nitrogen and oxygen atoms in total. The van der Waals surface area contributed by atoms with Crippen molar-refractivity contribution >= 4 is 17.6 Å². The standard InChI is InChI=1S/C25H26N6O/c1-19-12-15-31-23(26-19)28-29-24(31)27-22(32)25(21-10-6-3-7-11-21)13-16-30(17-14-25)18-20-8-4-2-5-9-20/h2-12,15H,13-14,16-18H2,1H3,(H,27,29,32). The third-order valence-corrected chi connectivity index (χ3v) is 6.36. The van der Waals surface area contributed by atoms with E-state index in [2.05, 4.69) is 61.8 Å². The molecule has 1 N–H and O–H groups in total. The number of nitrogens with zero attached hydrogens (tertiary/aromatic N) is 5. The molecule has 1 aliphatic heterocycles. The van der Waals surface area contributed by atoms with E-state index in [9.17, 15) is 4.79 Å². The van der Waals surface area contributed by atoms with Crippen molar-refractivity contribution < 1.29 is 4.79 Å². The van der Waals surface area contributed by atoms with Gasteiger partial charge in [0.05, 0.1) is 5.41 Å². The van der Waals surface area contributed by atoms with Crippen LogP contribution in [0.25, 0.3) is 5.78 Å². The van der Waals surface area contributed by atoms with Crippen LogP contribution in [0.4, 0.5) is 5.95 Å². The Hall–Kier alpha value is -3.58. The van der Waals surface area contributed by atoms with Crippen molar-refractivity contribution in [3.8, 4) is 0 Å². The lowest BCUT2D eigenvalue weighted by Crippen LogP contribution is -2.49. The second kappa shape index (κ2) is 8.51. The number of carbonyl (C=O) groups excluding carboxylic acids is 1. The Bertz CT molecular complexity index is 1210. The quantitative estimate of drug-likeness (QED) is 0.528. The molecule has 4 aromatic rings. The van der Waals surface area contributed by atoms with Gasteiger partial charge in [0.1, 0.15) is 0 Å². The van der Waals surface area contributed by atoms with Gasteiger partial charge in [0.25, 0.3) is 5.78 Å². The van der Waals surface area contributed by atoms with Gasteiger partial charge in [0, 0.05) is 18.4 Å². The minimum Gasteiger partial charge on any atom is -0.299 e. The third kappa shape index (κ3) is 3.87. The van der Waals surface area contributed by atoms with Crippen molar-refractivity contribution in [2.45, 2.75) is 31.7 Å². The summed E-state index contributed by atoms with van der Waals surface area (Å²) in [5.41, 5.74) is 2.58. The summed E-state index contributed by atoms with van der Waals surface area (Å²) >= 11 is 0. The zero-order chi connectivity index (χ0) is 22.0. The van der Waals surface area contributed by atoms with Gasteiger partial charge in [-0.3, -0.25) is 19.4 Å². The van der Waals surface area contributed by atoms with Gasteiger partial charge in [-0.05, 0) is 50.0 Å². The van der Waals surface area contributed by atoms with E-state index in [-0.39, 0.29) is 5.91 Å². The van der Waals surface area contributed by atoms with E-state index in [4.69, 9.17) is 0 Å². The Labute approximate surface area is 187 Å². The summed E-state index contributed by atoms with van der Waals surface area (Å²) in [7, 11) is 0. The molecule has 3 heterocycles. The van der Waals surface area contributed by atoms with Crippen LogP contribution in [0.15, 0.2) is 72.9 Å². The lowest BCUT2D eigenvalue weighted by Gasteiger charge is -2.41. The fourth-order valence-electron chi connectivity index (χ4n) is 4.52. The first-order chi connectivity index (χ1) is 15.6. The molecular weight excluding hydrogens is 400 g/mol. The van der Waals surface area contributed by atoms with Crippen molar-refractivity contribution in [1.82, 2.24) is 24.5 Å². The predicted octanol–water partition coefficient (Wildman–Crippen LogP) is 3.61. The summed E-state index contributed by atoms with van der Waals surface area (Å²) in [6.07, 6.45) is 3.32. The van der Waals surface area contributed by atoms with Gasteiger partial charge in [0.15, 0.2) is 0 Å².